The fourth-order valence-electron chi connectivity index (χ4n) is 1.51. The van der Waals surface area contributed by atoms with E-state index in [-0.39, 0.29) is 12.2 Å². The van der Waals surface area contributed by atoms with Crippen molar-refractivity contribution in [2.75, 3.05) is 17.7 Å². The Kier molecular flexibility index (Phi) is 4.44. The lowest BCUT2D eigenvalue weighted by Crippen LogP contribution is -2.30. The minimum atomic E-state index is -3.09. The van der Waals surface area contributed by atoms with Gasteiger partial charge in [-0.1, -0.05) is 0 Å². The van der Waals surface area contributed by atoms with Gasteiger partial charge in [0.15, 0.2) is 0 Å². The average molecular weight is 261 g/mol. The first-order valence-electron chi connectivity index (χ1n) is 5.02. The van der Waals surface area contributed by atoms with Gasteiger partial charge in [-0.05, 0) is 30.2 Å². The van der Waals surface area contributed by atoms with Gasteiger partial charge in [0, 0.05) is 18.0 Å². The van der Waals surface area contributed by atoms with Crippen molar-refractivity contribution < 1.29 is 12.8 Å². The molecular formula is C10H16FN3O2S. The van der Waals surface area contributed by atoms with Gasteiger partial charge in [0.1, 0.15) is 15.7 Å². The molecule has 7 heteroatoms. The Morgan fingerprint density at radius 3 is 2.65 bits per heavy atom. The molecular weight excluding hydrogens is 245 g/mol. The second kappa shape index (κ2) is 5.44. The normalized spacial score (nSPS) is 13.6. The molecule has 1 rings (SSSR count). The highest BCUT2D eigenvalue weighted by molar-refractivity contribution is 7.90. The molecule has 0 amide bonds. The number of hydrogen-bond acceptors (Lipinski definition) is 5. The summed E-state index contributed by atoms with van der Waals surface area (Å²) < 4.78 is 35.2. The predicted molar refractivity (Wildman–Crippen MR) is 65.2 cm³/mol. The molecule has 0 saturated carbocycles. The summed E-state index contributed by atoms with van der Waals surface area (Å²) in [5.41, 5.74) is 8.99. The molecule has 0 aliphatic rings. The Hall–Kier alpha value is -1.18. The second-order valence-corrected chi connectivity index (χ2v) is 6.17. The van der Waals surface area contributed by atoms with Crippen LogP contribution in [0.15, 0.2) is 18.2 Å². The second-order valence-electron chi connectivity index (χ2n) is 3.91. The number of halogens is 1. The average Bonchev–Trinajstić information content (AvgIpc) is 2.22. The molecule has 96 valence electrons. The maximum absolute atomic E-state index is 13.1. The van der Waals surface area contributed by atoms with Crippen LogP contribution < -0.4 is 17.0 Å². The largest absolute Gasteiger partial charge is 0.398 e. The summed E-state index contributed by atoms with van der Waals surface area (Å²) in [5.74, 6) is 4.85. The number of rotatable bonds is 5. The third-order valence-corrected chi connectivity index (χ3v) is 3.38. The molecule has 0 saturated heterocycles. The van der Waals surface area contributed by atoms with Gasteiger partial charge in [-0.3, -0.25) is 11.3 Å². The smallest absolute Gasteiger partial charge is 0.147 e. The number of nitrogens with one attached hydrogen (secondary N) is 1. The summed E-state index contributed by atoms with van der Waals surface area (Å²) in [4.78, 5) is 0. The first kappa shape index (κ1) is 13.9. The van der Waals surface area contributed by atoms with Crippen LogP contribution in [0.4, 0.5) is 10.1 Å². The summed E-state index contributed by atoms with van der Waals surface area (Å²) in [7, 11) is -3.09. The highest BCUT2D eigenvalue weighted by atomic mass is 32.2. The monoisotopic (exact) mass is 261 g/mol. The van der Waals surface area contributed by atoms with Crippen LogP contribution in [0.3, 0.4) is 0 Å². The zero-order chi connectivity index (χ0) is 13.1. The molecule has 0 bridgehead atoms. The minimum Gasteiger partial charge on any atom is -0.398 e. The van der Waals surface area contributed by atoms with Gasteiger partial charge >= 0.3 is 0 Å². The maximum atomic E-state index is 13.1. The number of nitrogens with two attached hydrogens (primary N) is 2. The van der Waals surface area contributed by atoms with E-state index < -0.39 is 21.7 Å². The maximum Gasteiger partial charge on any atom is 0.147 e. The van der Waals surface area contributed by atoms with Gasteiger partial charge in [-0.25, -0.2) is 12.8 Å². The van der Waals surface area contributed by atoms with Gasteiger partial charge in [0.25, 0.3) is 0 Å². The van der Waals surface area contributed by atoms with Crippen molar-refractivity contribution in [3.05, 3.63) is 29.6 Å². The van der Waals surface area contributed by atoms with E-state index in [4.69, 9.17) is 11.6 Å². The molecule has 0 fully saturated rings. The van der Waals surface area contributed by atoms with Gasteiger partial charge in [-0.2, -0.15) is 0 Å². The molecule has 0 aliphatic carbocycles. The van der Waals surface area contributed by atoms with E-state index in [0.717, 1.165) is 6.26 Å². The van der Waals surface area contributed by atoms with E-state index in [9.17, 15) is 12.8 Å². The summed E-state index contributed by atoms with van der Waals surface area (Å²) in [5, 5.41) is 0. The van der Waals surface area contributed by atoms with Crippen LogP contribution in [0.2, 0.25) is 0 Å². The number of hydrazine groups is 1. The molecule has 0 spiro atoms. The van der Waals surface area contributed by atoms with E-state index >= 15 is 0 Å². The predicted octanol–water partition coefficient (Wildman–Crippen LogP) is 0.347. The summed E-state index contributed by atoms with van der Waals surface area (Å²) in [6, 6.07) is 3.43. The van der Waals surface area contributed by atoms with E-state index in [1.165, 1.54) is 18.2 Å². The lowest BCUT2D eigenvalue weighted by molar-refractivity contribution is 0.528. The Balaban J connectivity index is 2.90. The summed E-state index contributed by atoms with van der Waals surface area (Å²) in [6.45, 7) is 0. The molecule has 17 heavy (non-hydrogen) atoms. The van der Waals surface area contributed by atoms with Crippen molar-refractivity contribution >= 4 is 15.5 Å². The minimum absolute atomic E-state index is 0.0438. The highest BCUT2D eigenvalue weighted by Gasteiger charge is 2.16. The van der Waals surface area contributed by atoms with Crippen molar-refractivity contribution in [2.45, 2.75) is 12.5 Å². The van der Waals surface area contributed by atoms with E-state index in [1.807, 2.05) is 0 Å². The van der Waals surface area contributed by atoms with Crippen molar-refractivity contribution in [1.29, 1.82) is 0 Å². The Bertz CT molecular complexity index is 490. The van der Waals surface area contributed by atoms with E-state index in [0.29, 0.717) is 11.3 Å². The van der Waals surface area contributed by atoms with Crippen molar-refractivity contribution in [3.63, 3.8) is 0 Å². The Morgan fingerprint density at radius 1 is 1.47 bits per heavy atom. The Labute approximate surface area is 99.9 Å². The fraction of sp³-hybridized carbons (Fsp3) is 0.400. The third kappa shape index (κ3) is 4.29. The molecule has 0 radical (unpaired) electrons. The Morgan fingerprint density at radius 2 is 2.12 bits per heavy atom. The molecule has 0 aliphatic heterocycles. The van der Waals surface area contributed by atoms with Crippen molar-refractivity contribution in [3.8, 4) is 0 Å². The number of hydrogen-bond donors (Lipinski definition) is 3. The fourth-order valence-corrected chi connectivity index (χ4v) is 2.17. The molecule has 5 N–H and O–H groups in total. The van der Waals surface area contributed by atoms with Crippen LogP contribution in [-0.4, -0.2) is 20.4 Å². The molecule has 1 unspecified atom stereocenters. The molecule has 1 aromatic carbocycles. The lowest BCUT2D eigenvalue weighted by atomic mass is 10.0. The van der Waals surface area contributed by atoms with Crippen molar-refractivity contribution in [2.24, 2.45) is 5.84 Å². The summed E-state index contributed by atoms with van der Waals surface area (Å²) in [6.07, 6.45) is 1.37. The molecule has 1 aromatic rings. The highest BCUT2D eigenvalue weighted by Crippen LogP contribution is 2.23. The van der Waals surface area contributed by atoms with Crippen LogP contribution in [0.5, 0.6) is 0 Å². The SMILES string of the molecule is CS(=O)(=O)CCC(NN)c1cc(F)ccc1N. The van der Waals surface area contributed by atoms with Crippen LogP contribution in [0.25, 0.3) is 0 Å². The first-order chi connectivity index (χ1) is 7.83. The van der Waals surface area contributed by atoms with Crippen LogP contribution in [0, 0.1) is 5.82 Å². The van der Waals surface area contributed by atoms with Crippen molar-refractivity contribution in [1.82, 2.24) is 5.43 Å². The number of nitrogen functional groups attached to an aromatic ring is 1. The van der Waals surface area contributed by atoms with Gasteiger partial charge < -0.3 is 5.73 Å². The number of benzene rings is 1. The van der Waals surface area contributed by atoms with Gasteiger partial charge in [-0.15, -0.1) is 0 Å². The van der Waals surface area contributed by atoms with Crippen LogP contribution in [0.1, 0.15) is 18.0 Å². The summed E-state index contributed by atoms with van der Waals surface area (Å²) >= 11 is 0. The lowest BCUT2D eigenvalue weighted by Gasteiger charge is -2.17. The van der Waals surface area contributed by atoms with Crippen LogP contribution >= 0.6 is 0 Å². The number of anilines is 1. The molecule has 0 aromatic heterocycles. The zero-order valence-electron chi connectivity index (χ0n) is 9.48. The quantitative estimate of drug-likeness (QED) is 0.403. The van der Waals surface area contributed by atoms with E-state index in [2.05, 4.69) is 5.43 Å². The molecule has 5 nitrogen and oxygen atoms in total. The molecule has 0 heterocycles. The van der Waals surface area contributed by atoms with E-state index in [1.54, 1.807) is 0 Å². The first-order valence-corrected chi connectivity index (χ1v) is 7.08. The standard InChI is InChI=1S/C10H16FN3O2S/c1-17(15,16)5-4-10(14-13)8-6-7(11)2-3-9(8)12/h2-3,6,10,14H,4-5,12-13H2,1H3. The zero-order valence-corrected chi connectivity index (χ0v) is 10.3. The number of sulfone groups is 1. The molecule has 1 atom stereocenters. The van der Waals surface area contributed by atoms with Gasteiger partial charge in [0.05, 0.1) is 5.75 Å². The topological polar surface area (TPSA) is 98.2 Å². The van der Waals surface area contributed by atoms with Gasteiger partial charge in [0.2, 0.25) is 0 Å². The van der Waals surface area contributed by atoms with Crippen LogP contribution in [-0.2, 0) is 9.84 Å². The third-order valence-electron chi connectivity index (χ3n) is 2.40.